The second-order valence-electron chi connectivity index (χ2n) is 9.55. The number of amides is 2. The summed E-state index contributed by atoms with van der Waals surface area (Å²) >= 11 is 0. The number of benzene rings is 2. The predicted molar refractivity (Wildman–Crippen MR) is 140 cm³/mol. The van der Waals surface area contributed by atoms with E-state index < -0.39 is 6.03 Å². The van der Waals surface area contributed by atoms with E-state index in [1.807, 2.05) is 49.4 Å². The molecule has 1 aliphatic heterocycles. The molecule has 1 unspecified atom stereocenters. The highest BCUT2D eigenvalue weighted by molar-refractivity contribution is 5.88. The van der Waals surface area contributed by atoms with E-state index in [-0.39, 0.29) is 5.82 Å². The molecule has 7 nitrogen and oxygen atoms in total. The number of para-hydroxylation sites is 1. The van der Waals surface area contributed by atoms with Gasteiger partial charge in [0, 0.05) is 31.7 Å². The van der Waals surface area contributed by atoms with Crippen LogP contribution in [0.4, 0.5) is 15.0 Å². The van der Waals surface area contributed by atoms with Crippen molar-refractivity contribution in [1.29, 1.82) is 0 Å². The third-order valence-electron chi connectivity index (χ3n) is 7.12. The summed E-state index contributed by atoms with van der Waals surface area (Å²) in [7, 11) is 1.73. The molecule has 36 heavy (non-hydrogen) atoms. The van der Waals surface area contributed by atoms with E-state index in [1.165, 1.54) is 24.8 Å². The van der Waals surface area contributed by atoms with Crippen LogP contribution in [0, 0.1) is 12.7 Å². The maximum absolute atomic E-state index is 12.8. The van der Waals surface area contributed by atoms with Gasteiger partial charge in [0.1, 0.15) is 11.6 Å². The minimum atomic E-state index is -0.564. The first-order chi connectivity index (χ1) is 17.5. The number of urea groups is 1. The van der Waals surface area contributed by atoms with Crippen LogP contribution in [0.3, 0.4) is 0 Å². The Kier molecular flexibility index (Phi) is 8.72. The van der Waals surface area contributed by atoms with E-state index in [0.29, 0.717) is 17.7 Å². The van der Waals surface area contributed by atoms with Gasteiger partial charge < -0.3 is 15.4 Å². The first-order valence-electron chi connectivity index (χ1n) is 12.6. The van der Waals surface area contributed by atoms with Crippen LogP contribution < -0.4 is 11.1 Å². The number of carbonyl (C=O) groups is 1. The van der Waals surface area contributed by atoms with Gasteiger partial charge in [0.15, 0.2) is 0 Å². The van der Waals surface area contributed by atoms with Crippen LogP contribution in [0.25, 0.3) is 5.69 Å². The fourth-order valence-electron chi connectivity index (χ4n) is 4.87. The number of anilines is 1. The Bertz CT molecular complexity index is 1130. The fraction of sp³-hybridized carbons (Fsp3) is 0.429. The van der Waals surface area contributed by atoms with Gasteiger partial charge >= 0.3 is 6.03 Å². The molecule has 2 fully saturated rings. The molecule has 2 heterocycles. The third-order valence-corrected chi connectivity index (χ3v) is 7.12. The molecule has 0 radical (unpaired) electrons. The first kappa shape index (κ1) is 25.9. The highest BCUT2D eigenvalue weighted by atomic mass is 19.1. The molecule has 5 rings (SSSR count). The molecule has 192 valence electrons. The minimum absolute atomic E-state index is 0.155. The maximum atomic E-state index is 12.8. The smallest absolute Gasteiger partial charge is 0.317 e. The van der Waals surface area contributed by atoms with Crippen molar-refractivity contribution in [1.82, 2.24) is 14.7 Å². The van der Waals surface area contributed by atoms with Crippen molar-refractivity contribution in [2.24, 2.45) is 5.73 Å². The predicted octanol–water partition coefficient (Wildman–Crippen LogP) is 5.20. The minimum Gasteiger partial charge on any atom is -0.383 e. The number of hydrogen-bond acceptors (Lipinski definition) is 4. The highest BCUT2D eigenvalue weighted by Gasteiger charge is 2.27. The summed E-state index contributed by atoms with van der Waals surface area (Å²) in [6, 6.07) is 16.1. The number of methoxy groups -OCH3 is 1. The normalized spacial score (nSPS) is 17.8. The Hall–Kier alpha value is -3.23. The zero-order chi connectivity index (χ0) is 25.5. The number of nitrogens with one attached hydrogen (secondary N) is 1. The quantitative estimate of drug-likeness (QED) is 0.474. The number of primary amides is 1. The standard InChI is InChI=1S/C15H18N4O.C13H18FNO/c1-10-13(11-6-5-7-11)18-19(14(10)17-15(16)20)12-8-3-2-4-9-12;1-16-9-8-15-7-6-12(10-15)11-2-4-13(14)5-3-11/h2-4,8-9,11H,5-7H2,1H3,(H3,16,17,20);2-5,12H,6-10H2,1H3. The van der Waals surface area contributed by atoms with Gasteiger partial charge in [-0.2, -0.15) is 5.10 Å². The lowest BCUT2D eigenvalue weighted by atomic mass is 9.82. The summed E-state index contributed by atoms with van der Waals surface area (Å²) in [6.45, 7) is 5.95. The summed E-state index contributed by atoms with van der Waals surface area (Å²) in [4.78, 5) is 13.6. The number of nitrogens with two attached hydrogens (primary N) is 1. The highest BCUT2D eigenvalue weighted by Crippen LogP contribution is 2.39. The van der Waals surface area contributed by atoms with E-state index in [4.69, 9.17) is 15.6 Å². The molecule has 2 amide bonds. The number of halogens is 1. The number of carbonyl (C=O) groups excluding carboxylic acids is 1. The maximum Gasteiger partial charge on any atom is 0.317 e. The Morgan fingerprint density at radius 1 is 1.11 bits per heavy atom. The lowest BCUT2D eigenvalue weighted by Crippen LogP contribution is -2.24. The second kappa shape index (κ2) is 12.1. The van der Waals surface area contributed by atoms with Gasteiger partial charge in [-0.15, -0.1) is 0 Å². The number of likely N-dealkylation sites (tertiary alicyclic amines) is 1. The molecule has 1 saturated heterocycles. The zero-order valence-corrected chi connectivity index (χ0v) is 21.1. The van der Waals surface area contributed by atoms with E-state index >= 15 is 0 Å². The molecule has 3 N–H and O–H groups in total. The van der Waals surface area contributed by atoms with Crippen LogP contribution in [-0.4, -0.2) is 54.1 Å². The van der Waals surface area contributed by atoms with Crippen molar-refractivity contribution < 1.29 is 13.9 Å². The van der Waals surface area contributed by atoms with Gasteiger partial charge in [-0.1, -0.05) is 36.8 Å². The Morgan fingerprint density at radius 2 is 1.83 bits per heavy atom. The van der Waals surface area contributed by atoms with Crippen molar-refractivity contribution in [2.45, 2.75) is 44.4 Å². The van der Waals surface area contributed by atoms with Crippen LogP contribution in [0.2, 0.25) is 0 Å². The molecule has 1 aromatic heterocycles. The van der Waals surface area contributed by atoms with Crippen LogP contribution in [-0.2, 0) is 4.74 Å². The van der Waals surface area contributed by atoms with Crippen molar-refractivity contribution in [3.8, 4) is 5.69 Å². The molecule has 2 aliphatic rings. The van der Waals surface area contributed by atoms with Crippen LogP contribution in [0.15, 0.2) is 54.6 Å². The van der Waals surface area contributed by atoms with E-state index in [1.54, 1.807) is 23.9 Å². The summed E-state index contributed by atoms with van der Waals surface area (Å²) in [6.07, 6.45) is 4.75. The molecule has 1 aliphatic carbocycles. The van der Waals surface area contributed by atoms with Crippen molar-refractivity contribution in [2.75, 3.05) is 38.7 Å². The fourth-order valence-corrected chi connectivity index (χ4v) is 4.87. The molecule has 1 atom stereocenters. The number of ether oxygens (including phenoxy) is 1. The van der Waals surface area contributed by atoms with Crippen LogP contribution >= 0.6 is 0 Å². The zero-order valence-electron chi connectivity index (χ0n) is 21.1. The molecule has 8 heteroatoms. The Balaban J connectivity index is 0.000000174. The van der Waals surface area contributed by atoms with E-state index in [0.717, 1.165) is 49.6 Å². The lowest BCUT2D eigenvalue weighted by molar-refractivity contribution is 0.160. The number of hydrogen-bond donors (Lipinski definition) is 2. The third kappa shape index (κ3) is 6.30. The van der Waals surface area contributed by atoms with Gasteiger partial charge in [0.2, 0.25) is 0 Å². The average molecular weight is 494 g/mol. The van der Waals surface area contributed by atoms with Gasteiger partial charge in [-0.25, -0.2) is 13.9 Å². The van der Waals surface area contributed by atoms with E-state index in [2.05, 4.69) is 10.2 Å². The molecule has 3 aromatic rings. The molecule has 2 aromatic carbocycles. The second-order valence-corrected chi connectivity index (χ2v) is 9.55. The SMILES string of the molecule is COCCN1CCC(c2ccc(F)cc2)C1.Cc1c(C2CCC2)nn(-c2ccccc2)c1NC(N)=O. The molecular weight excluding hydrogens is 457 g/mol. The Labute approximate surface area is 212 Å². The van der Waals surface area contributed by atoms with Crippen molar-refractivity contribution in [3.05, 3.63) is 77.2 Å². The monoisotopic (exact) mass is 493 g/mol. The molecular formula is C28H36FN5O2. The van der Waals surface area contributed by atoms with Crippen LogP contribution in [0.5, 0.6) is 0 Å². The van der Waals surface area contributed by atoms with Gasteiger partial charge in [0.25, 0.3) is 0 Å². The summed E-state index contributed by atoms with van der Waals surface area (Å²) in [5.74, 6) is 1.58. The average Bonchev–Trinajstić information content (AvgIpc) is 3.44. The molecule has 0 bridgehead atoms. The Morgan fingerprint density at radius 3 is 2.44 bits per heavy atom. The summed E-state index contributed by atoms with van der Waals surface area (Å²) < 4.78 is 19.6. The molecule has 0 spiro atoms. The van der Waals surface area contributed by atoms with Gasteiger partial charge in [-0.05, 0) is 68.5 Å². The summed E-state index contributed by atoms with van der Waals surface area (Å²) in [5, 5.41) is 7.40. The van der Waals surface area contributed by atoms with Crippen LogP contribution in [0.1, 0.15) is 54.3 Å². The topological polar surface area (TPSA) is 85.4 Å². The van der Waals surface area contributed by atoms with Gasteiger partial charge in [0.05, 0.1) is 18.0 Å². The van der Waals surface area contributed by atoms with E-state index in [9.17, 15) is 9.18 Å². The number of nitrogens with zero attached hydrogens (tertiary/aromatic N) is 3. The lowest BCUT2D eigenvalue weighted by Gasteiger charge is -2.23. The first-order valence-corrected chi connectivity index (χ1v) is 12.6. The van der Waals surface area contributed by atoms with Crippen molar-refractivity contribution in [3.63, 3.8) is 0 Å². The van der Waals surface area contributed by atoms with Crippen molar-refractivity contribution >= 4 is 11.8 Å². The molecule has 1 saturated carbocycles. The number of rotatable bonds is 7. The number of aromatic nitrogens is 2. The summed E-state index contributed by atoms with van der Waals surface area (Å²) in [5.41, 5.74) is 9.54. The van der Waals surface area contributed by atoms with Gasteiger partial charge in [-0.3, -0.25) is 5.32 Å². The largest absolute Gasteiger partial charge is 0.383 e.